The van der Waals surface area contributed by atoms with E-state index >= 15 is 0 Å². The molecule has 0 spiro atoms. The van der Waals surface area contributed by atoms with Crippen LogP contribution in [0.25, 0.3) is 10.1 Å². The third-order valence-corrected chi connectivity index (χ3v) is 3.27. The summed E-state index contributed by atoms with van der Waals surface area (Å²) in [4.78, 5) is 0.0428. The Kier molecular flexibility index (Phi) is 2.25. The monoisotopic (exact) mass is 213 g/mol. The Balaban J connectivity index is 2.55. The van der Waals surface area contributed by atoms with Crippen LogP contribution in [0.4, 0.5) is 8.78 Å². The number of nitrogens with two attached hydrogens (primary N) is 1. The SMILES string of the molecule is NCC(F)(F)c1cc2ccccc2s1. The molecule has 0 fully saturated rings. The summed E-state index contributed by atoms with van der Waals surface area (Å²) in [7, 11) is 0. The van der Waals surface area contributed by atoms with Crippen LogP contribution in [-0.4, -0.2) is 6.54 Å². The fraction of sp³-hybridized carbons (Fsp3) is 0.200. The summed E-state index contributed by atoms with van der Waals surface area (Å²) in [6, 6.07) is 8.83. The van der Waals surface area contributed by atoms with E-state index < -0.39 is 12.5 Å². The molecular weight excluding hydrogens is 204 g/mol. The van der Waals surface area contributed by atoms with Gasteiger partial charge in [-0.1, -0.05) is 18.2 Å². The van der Waals surface area contributed by atoms with Gasteiger partial charge in [0.25, 0.3) is 5.92 Å². The summed E-state index contributed by atoms with van der Waals surface area (Å²) >= 11 is 1.10. The minimum atomic E-state index is -2.90. The average Bonchev–Trinajstić information content (AvgIpc) is 2.61. The Hall–Kier alpha value is -1.00. The van der Waals surface area contributed by atoms with Crippen molar-refractivity contribution in [3.63, 3.8) is 0 Å². The van der Waals surface area contributed by atoms with E-state index in [1.165, 1.54) is 6.07 Å². The Morgan fingerprint density at radius 3 is 2.64 bits per heavy atom. The van der Waals surface area contributed by atoms with Crippen molar-refractivity contribution in [2.24, 2.45) is 5.73 Å². The fourth-order valence-corrected chi connectivity index (χ4v) is 2.31. The molecule has 0 saturated heterocycles. The molecule has 0 aliphatic heterocycles. The van der Waals surface area contributed by atoms with Crippen LogP contribution >= 0.6 is 11.3 Å². The van der Waals surface area contributed by atoms with Crippen LogP contribution in [0.5, 0.6) is 0 Å². The summed E-state index contributed by atoms with van der Waals surface area (Å²) in [5.41, 5.74) is 5.02. The van der Waals surface area contributed by atoms with Crippen molar-refractivity contribution < 1.29 is 8.78 Å². The summed E-state index contributed by atoms with van der Waals surface area (Å²) < 4.78 is 27.3. The number of fused-ring (bicyclic) bond motifs is 1. The summed E-state index contributed by atoms with van der Waals surface area (Å²) in [6.07, 6.45) is 0. The van der Waals surface area contributed by atoms with Gasteiger partial charge in [-0.15, -0.1) is 11.3 Å². The van der Waals surface area contributed by atoms with Gasteiger partial charge in [0.1, 0.15) is 0 Å². The smallest absolute Gasteiger partial charge is 0.294 e. The lowest BCUT2D eigenvalue weighted by Gasteiger charge is -2.10. The molecule has 0 unspecified atom stereocenters. The summed E-state index contributed by atoms with van der Waals surface area (Å²) in [5, 5.41) is 0.848. The fourth-order valence-electron chi connectivity index (χ4n) is 1.26. The van der Waals surface area contributed by atoms with Crippen molar-refractivity contribution in [3.8, 4) is 0 Å². The van der Waals surface area contributed by atoms with Gasteiger partial charge in [-0.2, -0.15) is 8.78 Å². The second kappa shape index (κ2) is 3.29. The zero-order valence-electron chi connectivity index (χ0n) is 7.34. The van der Waals surface area contributed by atoms with Crippen LogP contribution in [0.1, 0.15) is 4.88 Å². The van der Waals surface area contributed by atoms with E-state index in [4.69, 9.17) is 5.73 Å². The van der Waals surface area contributed by atoms with Crippen LogP contribution in [0.2, 0.25) is 0 Å². The van der Waals surface area contributed by atoms with Crippen molar-refractivity contribution in [1.82, 2.24) is 0 Å². The number of hydrogen-bond donors (Lipinski definition) is 1. The van der Waals surface area contributed by atoms with Crippen molar-refractivity contribution in [2.45, 2.75) is 5.92 Å². The number of thiophene rings is 1. The summed E-state index contributed by atoms with van der Waals surface area (Å²) in [6.45, 7) is -0.639. The Morgan fingerprint density at radius 1 is 1.29 bits per heavy atom. The molecule has 0 aliphatic carbocycles. The van der Waals surface area contributed by atoms with Crippen molar-refractivity contribution >= 4 is 21.4 Å². The normalized spacial score (nSPS) is 12.2. The number of halogens is 2. The minimum Gasteiger partial charge on any atom is -0.325 e. The van der Waals surface area contributed by atoms with Gasteiger partial charge >= 0.3 is 0 Å². The first-order chi connectivity index (χ1) is 6.63. The molecule has 0 atom stereocenters. The highest BCUT2D eigenvalue weighted by Gasteiger charge is 2.31. The number of hydrogen-bond acceptors (Lipinski definition) is 2. The second-order valence-electron chi connectivity index (χ2n) is 3.06. The van der Waals surface area contributed by atoms with E-state index in [1.807, 2.05) is 24.3 Å². The molecule has 74 valence electrons. The van der Waals surface area contributed by atoms with E-state index in [0.717, 1.165) is 21.4 Å². The molecule has 0 saturated carbocycles. The minimum absolute atomic E-state index is 0.0428. The van der Waals surface area contributed by atoms with Crippen molar-refractivity contribution in [2.75, 3.05) is 6.54 Å². The van der Waals surface area contributed by atoms with Crippen LogP contribution < -0.4 is 5.73 Å². The van der Waals surface area contributed by atoms with E-state index in [2.05, 4.69) is 0 Å². The predicted molar refractivity (Wildman–Crippen MR) is 54.8 cm³/mol. The van der Waals surface area contributed by atoms with Gasteiger partial charge in [0.2, 0.25) is 0 Å². The maximum Gasteiger partial charge on any atom is 0.294 e. The van der Waals surface area contributed by atoms with Crippen LogP contribution in [-0.2, 0) is 5.92 Å². The Labute approximate surface area is 84.2 Å². The molecule has 0 aliphatic rings. The molecule has 1 aromatic heterocycles. The standard InChI is InChI=1S/C10H9F2NS/c11-10(12,6-13)9-5-7-3-1-2-4-8(7)14-9/h1-5H,6,13H2. The van der Waals surface area contributed by atoms with E-state index in [-0.39, 0.29) is 4.88 Å². The molecule has 2 N–H and O–H groups in total. The highest BCUT2D eigenvalue weighted by molar-refractivity contribution is 7.19. The second-order valence-corrected chi connectivity index (χ2v) is 4.14. The molecule has 1 heterocycles. The lowest BCUT2D eigenvalue weighted by Crippen LogP contribution is -2.23. The van der Waals surface area contributed by atoms with E-state index in [1.54, 1.807) is 0 Å². The zero-order chi connectivity index (χ0) is 10.2. The van der Waals surface area contributed by atoms with Gasteiger partial charge in [-0.05, 0) is 17.5 Å². The number of benzene rings is 1. The molecule has 2 aromatic rings. The molecule has 1 aromatic carbocycles. The first-order valence-electron chi connectivity index (χ1n) is 4.20. The van der Waals surface area contributed by atoms with E-state index in [9.17, 15) is 8.78 Å². The van der Waals surface area contributed by atoms with Gasteiger partial charge in [0, 0.05) is 4.70 Å². The molecular formula is C10H9F2NS. The van der Waals surface area contributed by atoms with Crippen LogP contribution in [0.3, 0.4) is 0 Å². The number of rotatable bonds is 2. The van der Waals surface area contributed by atoms with E-state index in [0.29, 0.717) is 0 Å². The first kappa shape index (κ1) is 9.55. The van der Waals surface area contributed by atoms with Crippen molar-refractivity contribution in [3.05, 3.63) is 35.2 Å². The van der Waals surface area contributed by atoms with Gasteiger partial charge < -0.3 is 5.73 Å². The molecule has 0 bridgehead atoms. The average molecular weight is 213 g/mol. The maximum atomic E-state index is 13.2. The molecule has 1 nitrogen and oxygen atoms in total. The third-order valence-electron chi connectivity index (χ3n) is 2.04. The third kappa shape index (κ3) is 1.51. The van der Waals surface area contributed by atoms with Gasteiger partial charge in [-0.25, -0.2) is 0 Å². The molecule has 0 radical (unpaired) electrons. The number of alkyl halides is 2. The maximum absolute atomic E-state index is 13.2. The molecule has 2 rings (SSSR count). The quantitative estimate of drug-likeness (QED) is 0.815. The largest absolute Gasteiger partial charge is 0.325 e. The highest BCUT2D eigenvalue weighted by Crippen LogP contribution is 2.36. The molecule has 4 heteroatoms. The van der Waals surface area contributed by atoms with Gasteiger partial charge in [-0.3, -0.25) is 0 Å². The predicted octanol–water partition coefficient (Wildman–Crippen LogP) is 2.95. The lowest BCUT2D eigenvalue weighted by molar-refractivity contribution is 0.00997. The van der Waals surface area contributed by atoms with Gasteiger partial charge in [0.05, 0.1) is 11.4 Å². The van der Waals surface area contributed by atoms with Gasteiger partial charge in [0.15, 0.2) is 0 Å². The first-order valence-corrected chi connectivity index (χ1v) is 5.02. The topological polar surface area (TPSA) is 26.0 Å². The van der Waals surface area contributed by atoms with Crippen LogP contribution in [0.15, 0.2) is 30.3 Å². The Bertz CT molecular complexity index is 417. The molecule has 0 amide bonds. The summed E-state index contributed by atoms with van der Waals surface area (Å²) in [5.74, 6) is -2.90. The Morgan fingerprint density at radius 2 is 2.00 bits per heavy atom. The zero-order valence-corrected chi connectivity index (χ0v) is 8.15. The van der Waals surface area contributed by atoms with Crippen molar-refractivity contribution in [1.29, 1.82) is 0 Å². The molecule has 14 heavy (non-hydrogen) atoms. The highest BCUT2D eigenvalue weighted by atomic mass is 32.1. The van der Waals surface area contributed by atoms with Crippen LogP contribution in [0, 0.1) is 0 Å². The lowest BCUT2D eigenvalue weighted by atomic mass is 10.2.